The Morgan fingerprint density at radius 3 is 2.32 bits per heavy atom. The largest absolute Gasteiger partial charge is 0.490 e. The summed E-state index contributed by atoms with van der Waals surface area (Å²) in [6.07, 6.45) is 0.513. The van der Waals surface area contributed by atoms with Crippen molar-refractivity contribution in [1.29, 1.82) is 0 Å². The van der Waals surface area contributed by atoms with Gasteiger partial charge in [0.1, 0.15) is 6.10 Å². The summed E-state index contributed by atoms with van der Waals surface area (Å²) < 4.78 is 43.8. The van der Waals surface area contributed by atoms with Crippen LogP contribution in [0.15, 0.2) is 54.6 Å². The van der Waals surface area contributed by atoms with Gasteiger partial charge in [-0.3, -0.25) is 4.55 Å². The van der Waals surface area contributed by atoms with E-state index in [0.717, 1.165) is 30.2 Å². The molecule has 1 aliphatic rings. The summed E-state index contributed by atoms with van der Waals surface area (Å²) in [6.45, 7) is 4.94. The second-order valence-corrected chi connectivity index (χ2v) is 7.64. The van der Waals surface area contributed by atoms with Gasteiger partial charge in [0.05, 0.1) is 19.5 Å². The average molecular weight is 410 g/mol. The minimum atomic E-state index is -3.67. The summed E-state index contributed by atoms with van der Waals surface area (Å²) in [5.41, 5.74) is 1.10. The molecule has 154 valence electrons. The zero-order valence-corrected chi connectivity index (χ0v) is 16.9. The van der Waals surface area contributed by atoms with Crippen molar-refractivity contribution in [1.82, 2.24) is 5.32 Å². The van der Waals surface area contributed by atoms with E-state index in [1.165, 1.54) is 0 Å². The molecule has 0 bridgehead atoms. The lowest BCUT2D eigenvalue weighted by molar-refractivity contribution is -0.0439. The maximum atomic E-state index is 9.19. The summed E-state index contributed by atoms with van der Waals surface area (Å²) in [5, 5.41) is 3.37. The van der Waals surface area contributed by atoms with Crippen LogP contribution in [-0.4, -0.2) is 51.6 Å². The van der Waals surface area contributed by atoms with Gasteiger partial charge < -0.3 is 19.5 Å². The molecule has 2 aromatic rings. The molecule has 1 heterocycles. The van der Waals surface area contributed by atoms with Crippen LogP contribution in [-0.2, 0) is 14.9 Å². The van der Waals surface area contributed by atoms with Crippen molar-refractivity contribution in [2.24, 2.45) is 0 Å². The van der Waals surface area contributed by atoms with E-state index in [2.05, 4.69) is 17.4 Å². The van der Waals surface area contributed by atoms with E-state index in [1.807, 2.05) is 49.4 Å². The maximum absolute atomic E-state index is 9.19. The number of rotatable bonds is 6. The van der Waals surface area contributed by atoms with Crippen molar-refractivity contribution >= 4 is 10.1 Å². The second kappa shape index (κ2) is 11.0. The van der Waals surface area contributed by atoms with Gasteiger partial charge in [0, 0.05) is 13.1 Å². The van der Waals surface area contributed by atoms with Crippen molar-refractivity contribution in [3.05, 3.63) is 60.2 Å². The Hall–Kier alpha value is -2.13. The summed E-state index contributed by atoms with van der Waals surface area (Å²) in [5.74, 6) is 1.51. The Kier molecular flexibility index (Phi) is 8.72. The van der Waals surface area contributed by atoms with Crippen molar-refractivity contribution in [3.63, 3.8) is 0 Å². The smallest absolute Gasteiger partial charge is 0.261 e. The van der Waals surface area contributed by atoms with E-state index in [4.69, 9.17) is 18.8 Å². The molecule has 28 heavy (non-hydrogen) atoms. The first kappa shape index (κ1) is 22.2. The molecule has 0 aromatic heterocycles. The van der Waals surface area contributed by atoms with Gasteiger partial charge >= 0.3 is 0 Å². The molecule has 0 amide bonds. The Morgan fingerprint density at radius 2 is 1.75 bits per heavy atom. The third-order valence-electron chi connectivity index (χ3n) is 3.83. The number of hydrogen-bond donors (Lipinski definition) is 2. The molecule has 2 aromatic carbocycles. The molecule has 0 spiro atoms. The number of benzene rings is 2. The topological polar surface area (TPSA) is 94.1 Å². The van der Waals surface area contributed by atoms with E-state index in [0.29, 0.717) is 19.5 Å². The number of morpholine rings is 1. The first-order valence-corrected chi connectivity index (χ1v) is 10.9. The predicted octanol–water partition coefficient (Wildman–Crippen LogP) is 2.70. The quantitative estimate of drug-likeness (QED) is 0.709. The van der Waals surface area contributed by atoms with Crippen LogP contribution >= 0.6 is 0 Å². The summed E-state index contributed by atoms with van der Waals surface area (Å²) in [7, 11) is -3.67. The summed E-state index contributed by atoms with van der Waals surface area (Å²) >= 11 is 0. The highest BCUT2D eigenvalue weighted by molar-refractivity contribution is 7.85. The fourth-order valence-electron chi connectivity index (χ4n) is 2.74. The molecule has 7 nitrogen and oxygen atoms in total. The lowest BCUT2D eigenvalue weighted by Gasteiger charge is -2.32. The average Bonchev–Trinajstić information content (AvgIpc) is 2.67. The zero-order chi connectivity index (χ0) is 20.4. The fourth-order valence-corrected chi connectivity index (χ4v) is 2.74. The second-order valence-electron chi connectivity index (χ2n) is 6.18. The molecular formula is C20H27NO6S. The van der Waals surface area contributed by atoms with Crippen LogP contribution in [0.3, 0.4) is 0 Å². The molecule has 2 N–H and O–H groups in total. The van der Waals surface area contributed by atoms with Crippen molar-refractivity contribution in [2.45, 2.75) is 19.1 Å². The van der Waals surface area contributed by atoms with E-state index >= 15 is 0 Å². The molecule has 0 saturated carbocycles. The number of nitrogens with one attached hydrogen (secondary N) is 1. The molecule has 1 saturated heterocycles. The lowest BCUT2D eigenvalue weighted by Crippen LogP contribution is -2.43. The van der Waals surface area contributed by atoms with E-state index < -0.39 is 10.1 Å². The van der Waals surface area contributed by atoms with Crippen LogP contribution in [0.2, 0.25) is 0 Å². The van der Waals surface area contributed by atoms with Crippen LogP contribution in [0.4, 0.5) is 0 Å². The molecule has 1 aliphatic heterocycles. The Labute approximate surface area is 166 Å². The molecule has 1 fully saturated rings. The Bertz CT molecular complexity index is 798. The molecule has 0 unspecified atom stereocenters. The van der Waals surface area contributed by atoms with E-state index in [1.54, 1.807) is 0 Å². The van der Waals surface area contributed by atoms with Crippen LogP contribution in [0.25, 0.3) is 0 Å². The third-order valence-corrected chi connectivity index (χ3v) is 3.83. The van der Waals surface area contributed by atoms with Gasteiger partial charge in [-0.15, -0.1) is 0 Å². The Morgan fingerprint density at radius 1 is 1.14 bits per heavy atom. The lowest BCUT2D eigenvalue weighted by atomic mass is 10.0. The first-order valence-electron chi connectivity index (χ1n) is 9.06. The van der Waals surface area contributed by atoms with Crippen LogP contribution in [0.1, 0.15) is 18.6 Å². The van der Waals surface area contributed by atoms with E-state index in [-0.39, 0.29) is 12.2 Å². The van der Waals surface area contributed by atoms with Gasteiger partial charge in [0.25, 0.3) is 10.1 Å². The standard InChI is InChI=1S/C19H23NO3.CH4O3S/c1-2-21-16-10-6-7-11-17(16)23-19(15-8-4-3-5-9-15)18-14-20-12-13-22-18;1-5(2,3)4/h3-11,18-20H,2,12-14H2,1H3;1H3,(H,2,3,4)/t18-,19-;/m0./s1. The van der Waals surface area contributed by atoms with Crippen LogP contribution in [0, 0.1) is 0 Å². The van der Waals surface area contributed by atoms with Crippen LogP contribution < -0.4 is 14.8 Å². The Balaban J connectivity index is 0.000000500. The molecule has 8 heteroatoms. The minimum absolute atomic E-state index is 0.0270. The highest BCUT2D eigenvalue weighted by Gasteiger charge is 2.28. The van der Waals surface area contributed by atoms with Crippen molar-refractivity contribution in [3.8, 4) is 11.5 Å². The van der Waals surface area contributed by atoms with Gasteiger partial charge in [-0.25, -0.2) is 0 Å². The highest BCUT2D eigenvalue weighted by atomic mass is 32.2. The fraction of sp³-hybridized carbons (Fsp3) is 0.400. The number of ether oxygens (including phenoxy) is 3. The maximum Gasteiger partial charge on any atom is 0.261 e. The SMILES string of the molecule is CCOc1ccccc1O[C@@H](c1ccccc1)[C@@H]1CNCCO1.CS(=O)(=O)O. The van der Waals surface area contributed by atoms with E-state index in [9.17, 15) is 8.42 Å². The molecule has 0 aliphatic carbocycles. The summed E-state index contributed by atoms with van der Waals surface area (Å²) in [4.78, 5) is 0. The third kappa shape index (κ3) is 7.85. The zero-order valence-electron chi connectivity index (χ0n) is 16.1. The molecule has 2 atom stereocenters. The summed E-state index contributed by atoms with van der Waals surface area (Å²) in [6, 6.07) is 18.0. The van der Waals surface area contributed by atoms with Crippen LogP contribution in [0.5, 0.6) is 11.5 Å². The number of para-hydroxylation sites is 2. The predicted molar refractivity (Wildman–Crippen MR) is 108 cm³/mol. The number of hydrogen-bond acceptors (Lipinski definition) is 6. The first-order chi connectivity index (χ1) is 13.4. The van der Waals surface area contributed by atoms with Crippen molar-refractivity contribution < 1.29 is 27.2 Å². The monoisotopic (exact) mass is 409 g/mol. The van der Waals surface area contributed by atoms with Gasteiger partial charge in [-0.2, -0.15) is 8.42 Å². The highest BCUT2D eigenvalue weighted by Crippen LogP contribution is 2.33. The van der Waals surface area contributed by atoms with Gasteiger partial charge in [-0.1, -0.05) is 42.5 Å². The molecule has 3 rings (SSSR count). The normalized spacial score (nSPS) is 17.8. The van der Waals surface area contributed by atoms with Gasteiger partial charge in [0.15, 0.2) is 17.6 Å². The molecule has 0 radical (unpaired) electrons. The molecular weight excluding hydrogens is 382 g/mol. The van der Waals surface area contributed by atoms with Crippen molar-refractivity contribution in [2.75, 3.05) is 32.6 Å². The minimum Gasteiger partial charge on any atom is -0.490 e. The van der Waals surface area contributed by atoms with Gasteiger partial charge in [-0.05, 0) is 24.6 Å². The van der Waals surface area contributed by atoms with Gasteiger partial charge in [0.2, 0.25) is 0 Å².